The Morgan fingerprint density at radius 3 is 2.90 bits per heavy atom. The van der Waals surface area contributed by atoms with Crippen LogP contribution in [0.15, 0.2) is 23.6 Å². The van der Waals surface area contributed by atoms with Gasteiger partial charge in [0.2, 0.25) is 5.91 Å². The summed E-state index contributed by atoms with van der Waals surface area (Å²) in [6.45, 7) is 2.27. The molecule has 0 fully saturated rings. The Morgan fingerprint density at radius 2 is 2.24 bits per heavy atom. The van der Waals surface area contributed by atoms with Crippen molar-refractivity contribution in [2.75, 3.05) is 6.54 Å². The van der Waals surface area contributed by atoms with Gasteiger partial charge in [0.25, 0.3) is 0 Å². The summed E-state index contributed by atoms with van der Waals surface area (Å²) < 4.78 is 0. The van der Waals surface area contributed by atoms with Gasteiger partial charge in [-0.1, -0.05) is 23.2 Å². The van der Waals surface area contributed by atoms with Crippen LogP contribution >= 0.6 is 34.5 Å². The number of thiazole rings is 1. The van der Waals surface area contributed by atoms with Gasteiger partial charge in [0.15, 0.2) is 0 Å². The molecule has 1 aromatic carbocycles. The fourth-order valence-electron chi connectivity index (χ4n) is 1.72. The number of nitrogens with one attached hydrogen (secondary N) is 1. The second kappa shape index (κ2) is 7.22. The van der Waals surface area contributed by atoms with Crippen molar-refractivity contribution in [1.29, 1.82) is 0 Å². The maximum atomic E-state index is 11.8. The zero-order valence-electron chi connectivity index (χ0n) is 11.4. The van der Waals surface area contributed by atoms with Crippen LogP contribution < -0.4 is 11.1 Å². The van der Waals surface area contributed by atoms with Gasteiger partial charge in [0, 0.05) is 28.6 Å². The highest BCUT2D eigenvalue weighted by molar-refractivity contribution is 7.13. The van der Waals surface area contributed by atoms with Gasteiger partial charge in [0.05, 0.1) is 17.1 Å². The number of nitrogens with two attached hydrogens (primary N) is 1. The van der Waals surface area contributed by atoms with E-state index in [2.05, 4.69) is 10.3 Å². The number of carbonyl (C=O) groups is 1. The van der Waals surface area contributed by atoms with Gasteiger partial charge in [-0.2, -0.15) is 0 Å². The number of nitrogens with zero attached hydrogens (tertiary/aromatic N) is 1. The molecule has 0 saturated heterocycles. The standard InChI is InChI=1S/C14H15Cl2N3OS/c1-8(6-17)18-13(20)5-10-7-21-14(19-10)11-3-2-9(15)4-12(11)16/h2-4,7-8H,5-6,17H2,1H3,(H,18,20)/t8-/m0/s1. The molecular formula is C14H15Cl2N3OS. The molecule has 1 aromatic heterocycles. The molecule has 0 aliphatic heterocycles. The van der Waals surface area contributed by atoms with E-state index >= 15 is 0 Å². The van der Waals surface area contributed by atoms with Crippen molar-refractivity contribution in [2.45, 2.75) is 19.4 Å². The van der Waals surface area contributed by atoms with Crippen LogP contribution in [0.25, 0.3) is 10.6 Å². The lowest BCUT2D eigenvalue weighted by molar-refractivity contribution is -0.121. The van der Waals surface area contributed by atoms with Crippen LogP contribution in [0.4, 0.5) is 0 Å². The van der Waals surface area contributed by atoms with E-state index in [9.17, 15) is 4.79 Å². The number of aromatic nitrogens is 1. The second-order valence-electron chi connectivity index (χ2n) is 4.65. The average molecular weight is 344 g/mol. The van der Waals surface area contributed by atoms with Crippen LogP contribution in [0.1, 0.15) is 12.6 Å². The summed E-state index contributed by atoms with van der Waals surface area (Å²) in [5.74, 6) is -0.0907. The lowest BCUT2D eigenvalue weighted by Crippen LogP contribution is -2.38. The number of amides is 1. The Hall–Kier alpha value is -1.14. The first-order chi connectivity index (χ1) is 9.99. The highest BCUT2D eigenvalue weighted by Crippen LogP contribution is 2.32. The molecule has 2 aromatic rings. The molecule has 0 spiro atoms. The van der Waals surface area contributed by atoms with Crippen LogP contribution in [-0.2, 0) is 11.2 Å². The molecule has 0 aliphatic carbocycles. The smallest absolute Gasteiger partial charge is 0.226 e. The Morgan fingerprint density at radius 1 is 1.48 bits per heavy atom. The predicted octanol–water partition coefficient (Wildman–Crippen LogP) is 3.12. The molecule has 0 unspecified atom stereocenters. The average Bonchev–Trinajstić information content (AvgIpc) is 2.86. The van der Waals surface area contributed by atoms with E-state index in [0.717, 1.165) is 10.6 Å². The number of benzene rings is 1. The molecule has 0 bridgehead atoms. The third-order valence-electron chi connectivity index (χ3n) is 2.82. The summed E-state index contributed by atoms with van der Waals surface area (Å²) in [6.07, 6.45) is 0.228. The molecule has 112 valence electrons. The Kier molecular flexibility index (Phi) is 5.58. The number of hydrogen-bond acceptors (Lipinski definition) is 4. The number of hydrogen-bond donors (Lipinski definition) is 2. The highest BCUT2D eigenvalue weighted by Gasteiger charge is 2.12. The normalized spacial score (nSPS) is 12.2. The second-order valence-corrected chi connectivity index (χ2v) is 6.35. The first-order valence-electron chi connectivity index (χ1n) is 6.39. The number of halogens is 2. The van der Waals surface area contributed by atoms with Crippen molar-refractivity contribution >= 4 is 40.4 Å². The minimum atomic E-state index is -0.0907. The van der Waals surface area contributed by atoms with Gasteiger partial charge in [-0.05, 0) is 25.1 Å². The van der Waals surface area contributed by atoms with Crippen molar-refractivity contribution in [3.8, 4) is 10.6 Å². The molecule has 1 heterocycles. The topological polar surface area (TPSA) is 68.0 Å². The van der Waals surface area contributed by atoms with Gasteiger partial charge in [-0.15, -0.1) is 11.3 Å². The van der Waals surface area contributed by atoms with Crippen LogP contribution in [0.2, 0.25) is 10.0 Å². The van der Waals surface area contributed by atoms with Crippen molar-refractivity contribution in [3.63, 3.8) is 0 Å². The van der Waals surface area contributed by atoms with E-state index in [0.29, 0.717) is 22.3 Å². The Labute approximate surface area is 137 Å². The zero-order chi connectivity index (χ0) is 15.4. The van der Waals surface area contributed by atoms with Gasteiger partial charge >= 0.3 is 0 Å². The van der Waals surface area contributed by atoms with E-state index in [-0.39, 0.29) is 18.4 Å². The summed E-state index contributed by atoms with van der Waals surface area (Å²) in [6, 6.07) is 5.22. The van der Waals surface area contributed by atoms with E-state index in [1.165, 1.54) is 11.3 Å². The third kappa shape index (κ3) is 4.41. The lowest BCUT2D eigenvalue weighted by Gasteiger charge is -2.10. The molecule has 0 saturated carbocycles. The van der Waals surface area contributed by atoms with Crippen molar-refractivity contribution in [3.05, 3.63) is 39.3 Å². The molecule has 3 N–H and O–H groups in total. The number of rotatable bonds is 5. The van der Waals surface area contributed by atoms with Gasteiger partial charge in [-0.3, -0.25) is 4.79 Å². The first-order valence-corrected chi connectivity index (χ1v) is 8.02. The SMILES string of the molecule is C[C@@H](CN)NC(=O)Cc1csc(-c2ccc(Cl)cc2Cl)n1. The fourth-order valence-corrected chi connectivity index (χ4v) is 3.14. The van der Waals surface area contributed by atoms with E-state index in [1.807, 2.05) is 18.4 Å². The fraction of sp³-hybridized carbons (Fsp3) is 0.286. The summed E-state index contributed by atoms with van der Waals surface area (Å²) in [7, 11) is 0. The molecular weight excluding hydrogens is 329 g/mol. The molecule has 21 heavy (non-hydrogen) atoms. The summed E-state index contributed by atoms with van der Waals surface area (Å²) in [5, 5.41) is 6.55. The van der Waals surface area contributed by atoms with Gasteiger partial charge in [-0.25, -0.2) is 4.98 Å². The van der Waals surface area contributed by atoms with Gasteiger partial charge < -0.3 is 11.1 Å². The first kappa shape index (κ1) is 16.2. The molecule has 7 heteroatoms. The summed E-state index contributed by atoms with van der Waals surface area (Å²) in [4.78, 5) is 16.2. The van der Waals surface area contributed by atoms with Crippen molar-refractivity contribution in [1.82, 2.24) is 10.3 Å². The maximum Gasteiger partial charge on any atom is 0.226 e. The van der Waals surface area contributed by atoms with Crippen LogP contribution in [0.3, 0.4) is 0 Å². The molecule has 1 amide bonds. The van der Waals surface area contributed by atoms with E-state index in [1.54, 1.807) is 12.1 Å². The van der Waals surface area contributed by atoms with Crippen molar-refractivity contribution in [2.24, 2.45) is 5.73 Å². The summed E-state index contributed by atoms with van der Waals surface area (Å²) in [5.41, 5.74) is 6.99. The minimum absolute atomic E-state index is 0.0404. The predicted molar refractivity (Wildman–Crippen MR) is 87.9 cm³/mol. The number of carbonyl (C=O) groups excluding carboxylic acids is 1. The molecule has 0 radical (unpaired) electrons. The highest BCUT2D eigenvalue weighted by atomic mass is 35.5. The maximum absolute atomic E-state index is 11.8. The van der Waals surface area contributed by atoms with Crippen LogP contribution in [0, 0.1) is 0 Å². The molecule has 0 aliphatic rings. The van der Waals surface area contributed by atoms with Crippen molar-refractivity contribution < 1.29 is 4.79 Å². The van der Waals surface area contributed by atoms with Crippen LogP contribution in [-0.4, -0.2) is 23.5 Å². The van der Waals surface area contributed by atoms with E-state index < -0.39 is 0 Å². The molecule has 1 atom stereocenters. The lowest BCUT2D eigenvalue weighted by atomic mass is 10.2. The Bertz CT molecular complexity index is 645. The monoisotopic (exact) mass is 343 g/mol. The summed E-state index contributed by atoms with van der Waals surface area (Å²) >= 11 is 13.5. The molecule has 2 rings (SSSR count). The van der Waals surface area contributed by atoms with Crippen LogP contribution in [0.5, 0.6) is 0 Å². The minimum Gasteiger partial charge on any atom is -0.352 e. The quantitative estimate of drug-likeness (QED) is 0.876. The largest absolute Gasteiger partial charge is 0.352 e. The third-order valence-corrected chi connectivity index (χ3v) is 4.29. The van der Waals surface area contributed by atoms with Gasteiger partial charge in [0.1, 0.15) is 5.01 Å². The molecule has 4 nitrogen and oxygen atoms in total. The Balaban J connectivity index is 2.09. The van der Waals surface area contributed by atoms with E-state index in [4.69, 9.17) is 28.9 Å². The zero-order valence-corrected chi connectivity index (χ0v) is 13.7.